The molecule has 0 saturated carbocycles. The van der Waals surface area contributed by atoms with E-state index in [1.807, 2.05) is 0 Å². The fourth-order valence-corrected chi connectivity index (χ4v) is 4.85. The maximum atomic E-state index is 13.1. The summed E-state index contributed by atoms with van der Waals surface area (Å²) in [6, 6.07) is 8.73. The van der Waals surface area contributed by atoms with Gasteiger partial charge in [0.25, 0.3) is 0 Å². The van der Waals surface area contributed by atoms with Crippen LogP contribution in [0.4, 0.5) is 4.39 Å². The zero-order chi connectivity index (χ0) is 17.3. The van der Waals surface area contributed by atoms with Gasteiger partial charge in [0.05, 0.1) is 0 Å². The van der Waals surface area contributed by atoms with Crippen molar-refractivity contribution in [3.63, 3.8) is 0 Å². The van der Waals surface area contributed by atoms with Crippen LogP contribution in [0.15, 0.2) is 41.1 Å². The van der Waals surface area contributed by atoms with Crippen LogP contribution >= 0.6 is 11.3 Å². The molecule has 1 aromatic heterocycles. The fraction of sp³-hybridized carbons (Fsp3) is 0.450. The summed E-state index contributed by atoms with van der Waals surface area (Å²) in [5.41, 5.74) is 2.39. The Labute approximate surface area is 152 Å². The first-order valence-electron chi connectivity index (χ1n) is 8.93. The maximum Gasteiger partial charge on any atom is 0.223 e. The van der Waals surface area contributed by atoms with Gasteiger partial charge in [0, 0.05) is 38.1 Å². The van der Waals surface area contributed by atoms with Crippen molar-refractivity contribution in [2.45, 2.75) is 44.3 Å². The molecule has 2 aliphatic heterocycles. The minimum Gasteiger partial charge on any atom is -0.333 e. The molecule has 5 heteroatoms. The lowest BCUT2D eigenvalue weighted by molar-refractivity contribution is -0.133. The molecule has 1 spiro atoms. The van der Waals surface area contributed by atoms with Crippen LogP contribution in [0.3, 0.4) is 0 Å². The van der Waals surface area contributed by atoms with Crippen molar-refractivity contribution in [1.29, 1.82) is 0 Å². The number of thiophene rings is 1. The molecule has 3 nitrogen and oxygen atoms in total. The molecule has 25 heavy (non-hydrogen) atoms. The number of rotatable bonds is 4. The molecule has 0 bridgehead atoms. The molecule has 0 radical (unpaired) electrons. The molecule has 4 rings (SSSR count). The van der Waals surface area contributed by atoms with E-state index >= 15 is 0 Å². The molecule has 0 N–H and O–H groups in total. The number of amides is 1. The first kappa shape index (κ1) is 16.7. The smallest absolute Gasteiger partial charge is 0.223 e. The third kappa shape index (κ3) is 3.48. The number of carbonyl (C=O) groups is 1. The van der Waals surface area contributed by atoms with Crippen molar-refractivity contribution < 1.29 is 9.18 Å². The van der Waals surface area contributed by atoms with Crippen molar-refractivity contribution in [2.24, 2.45) is 0 Å². The summed E-state index contributed by atoms with van der Waals surface area (Å²) in [5.74, 6) is 0.0172. The summed E-state index contributed by atoms with van der Waals surface area (Å²) >= 11 is 1.74. The second-order valence-electron chi connectivity index (χ2n) is 7.24. The molecule has 0 aliphatic carbocycles. The highest BCUT2D eigenvalue weighted by Crippen LogP contribution is 2.40. The Morgan fingerprint density at radius 3 is 2.44 bits per heavy atom. The van der Waals surface area contributed by atoms with Gasteiger partial charge in [-0.2, -0.15) is 11.3 Å². The van der Waals surface area contributed by atoms with Gasteiger partial charge >= 0.3 is 0 Å². The predicted octanol–water partition coefficient (Wildman–Crippen LogP) is 4.04. The van der Waals surface area contributed by atoms with E-state index in [4.69, 9.17) is 0 Å². The third-order valence-electron chi connectivity index (χ3n) is 5.70. The van der Waals surface area contributed by atoms with E-state index in [1.165, 1.54) is 17.7 Å². The van der Waals surface area contributed by atoms with Crippen LogP contribution in [-0.4, -0.2) is 34.3 Å². The summed E-state index contributed by atoms with van der Waals surface area (Å²) in [6.07, 6.45) is 3.67. The molecule has 2 fully saturated rings. The molecule has 132 valence electrons. The highest BCUT2D eigenvalue weighted by molar-refractivity contribution is 7.07. The second-order valence-corrected chi connectivity index (χ2v) is 8.02. The first-order chi connectivity index (χ1) is 12.1. The second kappa shape index (κ2) is 6.89. The van der Waals surface area contributed by atoms with Gasteiger partial charge in [0.2, 0.25) is 5.91 Å². The number of nitrogens with zero attached hydrogens (tertiary/aromatic N) is 2. The largest absolute Gasteiger partial charge is 0.333 e. The normalized spacial score (nSPS) is 20.5. The lowest BCUT2D eigenvalue weighted by atomic mass is 9.84. The number of halogens is 1. The summed E-state index contributed by atoms with van der Waals surface area (Å²) in [4.78, 5) is 17.1. The number of piperidine rings is 1. The van der Waals surface area contributed by atoms with E-state index in [1.54, 1.807) is 23.5 Å². The van der Waals surface area contributed by atoms with Gasteiger partial charge in [-0.3, -0.25) is 9.69 Å². The van der Waals surface area contributed by atoms with E-state index in [-0.39, 0.29) is 17.3 Å². The number of carbonyl (C=O) groups excluding carboxylic acids is 1. The summed E-state index contributed by atoms with van der Waals surface area (Å²) in [5, 5.41) is 4.34. The molecule has 1 aromatic carbocycles. The van der Waals surface area contributed by atoms with E-state index < -0.39 is 0 Å². The van der Waals surface area contributed by atoms with Crippen molar-refractivity contribution in [3.8, 4) is 0 Å². The average molecular weight is 358 g/mol. The van der Waals surface area contributed by atoms with Crippen LogP contribution in [0.25, 0.3) is 0 Å². The standard InChI is InChI=1S/C20H23FN2OS/c21-18-3-1-16(2-4-18)14-23-19(24)5-7-20(23)8-10-22(11-9-20)13-17-6-12-25-15-17/h1-4,6,12,15H,5,7-11,13-14H2. The summed E-state index contributed by atoms with van der Waals surface area (Å²) in [7, 11) is 0. The summed E-state index contributed by atoms with van der Waals surface area (Å²) < 4.78 is 13.1. The predicted molar refractivity (Wildman–Crippen MR) is 97.7 cm³/mol. The van der Waals surface area contributed by atoms with Gasteiger partial charge in [-0.15, -0.1) is 0 Å². The number of hydrogen-bond donors (Lipinski definition) is 0. The van der Waals surface area contributed by atoms with Crippen LogP contribution in [0.1, 0.15) is 36.8 Å². The fourth-order valence-electron chi connectivity index (χ4n) is 4.19. The zero-order valence-corrected chi connectivity index (χ0v) is 15.1. The lowest BCUT2D eigenvalue weighted by Crippen LogP contribution is -2.52. The van der Waals surface area contributed by atoms with Gasteiger partial charge < -0.3 is 4.90 Å². The van der Waals surface area contributed by atoms with Crippen LogP contribution in [0.2, 0.25) is 0 Å². The number of benzene rings is 1. The summed E-state index contributed by atoms with van der Waals surface area (Å²) in [6.45, 7) is 3.67. The SMILES string of the molecule is O=C1CCC2(CCN(Cc3ccsc3)CC2)N1Cc1ccc(F)cc1. The Hall–Kier alpha value is -1.72. The monoisotopic (exact) mass is 358 g/mol. The first-order valence-corrected chi connectivity index (χ1v) is 9.87. The molecule has 2 saturated heterocycles. The van der Waals surface area contributed by atoms with Gasteiger partial charge in [-0.25, -0.2) is 4.39 Å². The highest BCUT2D eigenvalue weighted by Gasteiger charge is 2.46. The van der Waals surface area contributed by atoms with Crippen LogP contribution in [-0.2, 0) is 17.9 Å². The molecule has 0 unspecified atom stereocenters. The Bertz CT molecular complexity index is 721. The Balaban J connectivity index is 1.43. The number of likely N-dealkylation sites (tertiary alicyclic amines) is 2. The van der Waals surface area contributed by atoms with Gasteiger partial charge in [-0.1, -0.05) is 12.1 Å². The minimum absolute atomic E-state index is 0.00336. The van der Waals surface area contributed by atoms with Crippen molar-refractivity contribution in [3.05, 3.63) is 58.0 Å². The van der Waals surface area contributed by atoms with Crippen molar-refractivity contribution in [1.82, 2.24) is 9.80 Å². The minimum atomic E-state index is -0.229. The Morgan fingerprint density at radius 1 is 1.00 bits per heavy atom. The van der Waals surface area contributed by atoms with Crippen LogP contribution in [0.5, 0.6) is 0 Å². The van der Waals surface area contributed by atoms with Crippen molar-refractivity contribution in [2.75, 3.05) is 13.1 Å². The topological polar surface area (TPSA) is 23.6 Å². The molecule has 3 heterocycles. The van der Waals surface area contributed by atoms with Crippen molar-refractivity contribution >= 4 is 17.2 Å². The molecule has 1 amide bonds. The molecule has 2 aliphatic rings. The average Bonchev–Trinajstić information content (AvgIpc) is 3.23. The molecular weight excluding hydrogens is 335 g/mol. The quantitative estimate of drug-likeness (QED) is 0.823. The highest BCUT2D eigenvalue weighted by atomic mass is 32.1. The Morgan fingerprint density at radius 2 is 1.76 bits per heavy atom. The molecule has 2 aromatic rings. The third-order valence-corrected chi connectivity index (χ3v) is 6.44. The van der Waals surface area contributed by atoms with Gasteiger partial charge in [-0.05, 0) is 59.3 Å². The van der Waals surface area contributed by atoms with Gasteiger partial charge in [0.1, 0.15) is 5.82 Å². The van der Waals surface area contributed by atoms with Crippen LogP contribution < -0.4 is 0 Å². The Kier molecular flexibility index (Phi) is 4.61. The number of hydrogen-bond acceptors (Lipinski definition) is 3. The zero-order valence-electron chi connectivity index (χ0n) is 14.3. The molecular formula is C20H23FN2OS. The molecule has 0 atom stereocenters. The van der Waals surface area contributed by atoms with E-state index in [9.17, 15) is 9.18 Å². The van der Waals surface area contributed by atoms with E-state index in [0.717, 1.165) is 44.5 Å². The van der Waals surface area contributed by atoms with E-state index in [0.29, 0.717) is 13.0 Å². The van der Waals surface area contributed by atoms with E-state index in [2.05, 4.69) is 26.6 Å². The maximum absolute atomic E-state index is 13.1. The van der Waals surface area contributed by atoms with Crippen LogP contribution in [0, 0.1) is 5.82 Å². The van der Waals surface area contributed by atoms with Gasteiger partial charge in [0.15, 0.2) is 0 Å². The lowest BCUT2D eigenvalue weighted by Gasteiger charge is -2.45.